The number of nitrogens with zero attached hydrogens (tertiary/aromatic N) is 1. The van der Waals surface area contributed by atoms with Crippen molar-refractivity contribution in [3.63, 3.8) is 0 Å². The molecule has 2 fully saturated rings. The monoisotopic (exact) mass is 437 g/mol. The fraction of sp³-hybridized carbons (Fsp3) is 0.556. The molecule has 32 heavy (non-hydrogen) atoms. The van der Waals surface area contributed by atoms with E-state index in [2.05, 4.69) is 45.0 Å². The number of methoxy groups -OCH3 is 1. The minimum atomic E-state index is -0.402. The molecule has 0 N–H and O–H groups in total. The van der Waals surface area contributed by atoms with Crippen molar-refractivity contribution in [1.82, 2.24) is 4.90 Å². The van der Waals surface area contributed by atoms with Gasteiger partial charge in [0.1, 0.15) is 6.10 Å². The zero-order chi connectivity index (χ0) is 22.9. The molecule has 5 heteroatoms. The van der Waals surface area contributed by atoms with Crippen LogP contribution in [0, 0.1) is 17.8 Å². The summed E-state index contributed by atoms with van der Waals surface area (Å²) in [6.45, 7) is 6.78. The number of fused-ring (bicyclic) bond motifs is 2. The molecule has 5 nitrogen and oxygen atoms in total. The van der Waals surface area contributed by atoms with Gasteiger partial charge in [-0.05, 0) is 36.2 Å². The van der Waals surface area contributed by atoms with Gasteiger partial charge < -0.3 is 9.47 Å². The second kappa shape index (κ2) is 9.13. The highest BCUT2D eigenvalue weighted by Gasteiger charge is 2.49. The lowest BCUT2D eigenvalue weighted by Crippen LogP contribution is -2.45. The fourth-order valence-corrected chi connectivity index (χ4v) is 5.90. The van der Waals surface area contributed by atoms with Crippen LogP contribution in [0.15, 0.2) is 54.6 Å². The zero-order valence-electron chi connectivity index (χ0n) is 19.6. The Labute approximate surface area is 191 Å². The molecular weight excluding hydrogens is 402 g/mol. The Bertz CT molecular complexity index is 890. The fourth-order valence-electron chi connectivity index (χ4n) is 5.90. The number of carbonyl (C=O) groups excluding carboxylic acids is 2. The Hall–Kier alpha value is -2.56. The maximum atomic E-state index is 13.5. The Morgan fingerprint density at radius 3 is 2.47 bits per heavy atom. The highest BCUT2D eigenvalue weighted by atomic mass is 16.6. The average Bonchev–Trinajstić information content (AvgIpc) is 3.00. The predicted octanol–water partition coefficient (Wildman–Crippen LogP) is 5.26. The maximum absolute atomic E-state index is 13.5. The molecule has 172 valence electrons. The molecule has 4 rings (SSSR count). The number of rotatable bonds is 4. The van der Waals surface area contributed by atoms with Crippen LogP contribution in [0.25, 0.3) is 0 Å². The summed E-state index contributed by atoms with van der Waals surface area (Å²) in [7, 11) is 1.38. The number of hydrogen-bond acceptors (Lipinski definition) is 4. The molecule has 2 heterocycles. The summed E-state index contributed by atoms with van der Waals surface area (Å²) >= 11 is 0. The van der Waals surface area contributed by atoms with Crippen molar-refractivity contribution in [3.8, 4) is 0 Å². The van der Waals surface area contributed by atoms with Crippen molar-refractivity contribution in [1.29, 1.82) is 0 Å². The van der Waals surface area contributed by atoms with Crippen LogP contribution in [0.1, 0.15) is 52.0 Å². The van der Waals surface area contributed by atoms with Crippen LogP contribution >= 0.6 is 0 Å². The van der Waals surface area contributed by atoms with Crippen molar-refractivity contribution < 1.29 is 19.1 Å². The molecule has 2 bridgehead atoms. The van der Waals surface area contributed by atoms with E-state index in [1.807, 2.05) is 30.4 Å². The topological polar surface area (TPSA) is 55.8 Å². The predicted molar refractivity (Wildman–Crippen MR) is 124 cm³/mol. The van der Waals surface area contributed by atoms with Gasteiger partial charge >= 0.3 is 12.1 Å². The molecule has 2 aliphatic heterocycles. The van der Waals surface area contributed by atoms with Gasteiger partial charge in [0.15, 0.2) is 0 Å². The van der Waals surface area contributed by atoms with Crippen molar-refractivity contribution in [2.24, 2.45) is 17.8 Å². The summed E-state index contributed by atoms with van der Waals surface area (Å²) in [5.41, 5.74) is 1.18. The van der Waals surface area contributed by atoms with E-state index < -0.39 is 6.09 Å². The van der Waals surface area contributed by atoms with Gasteiger partial charge in [-0.25, -0.2) is 4.79 Å². The van der Waals surface area contributed by atoms with Gasteiger partial charge in [-0.15, -0.1) is 0 Å². The Kier molecular flexibility index (Phi) is 6.45. The normalized spacial score (nSPS) is 31.8. The van der Waals surface area contributed by atoms with Gasteiger partial charge in [0.05, 0.1) is 25.1 Å². The molecule has 1 saturated heterocycles. The highest BCUT2D eigenvalue weighted by Crippen LogP contribution is 2.44. The van der Waals surface area contributed by atoms with Crippen molar-refractivity contribution in [3.05, 3.63) is 60.2 Å². The second-order valence-corrected chi connectivity index (χ2v) is 10.1. The number of carbonyl (C=O) groups is 2. The van der Waals surface area contributed by atoms with Crippen LogP contribution in [-0.2, 0) is 19.7 Å². The summed E-state index contributed by atoms with van der Waals surface area (Å²) in [4.78, 5) is 27.6. The van der Waals surface area contributed by atoms with Crippen LogP contribution in [-0.4, -0.2) is 42.3 Å². The molecule has 0 aromatic heterocycles. The molecule has 0 radical (unpaired) electrons. The van der Waals surface area contributed by atoms with Crippen molar-refractivity contribution in [2.75, 3.05) is 7.11 Å². The number of esters is 1. The lowest BCUT2D eigenvalue weighted by atomic mass is 9.64. The van der Waals surface area contributed by atoms with Gasteiger partial charge in [-0.3, -0.25) is 9.69 Å². The minimum Gasteiger partial charge on any atom is -0.462 e. The van der Waals surface area contributed by atoms with Crippen molar-refractivity contribution >= 4 is 12.1 Å². The summed E-state index contributed by atoms with van der Waals surface area (Å²) in [6, 6.07) is 10.0. The summed E-state index contributed by atoms with van der Waals surface area (Å²) in [5, 5.41) is 0. The average molecular weight is 438 g/mol. The molecule has 0 unspecified atom stereocenters. The summed E-state index contributed by atoms with van der Waals surface area (Å²) in [6.07, 6.45) is 10.8. The molecule has 1 aromatic rings. The molecule has 1 saturated carbocycles. The molecular formula is C27H35NO4. The lowest BCUT2D eigenvalue weighted by Gasteiger charge is -2.44. The first-order chi connectivity index (χ1) is 15.3. The van der Waals surface area contributed by atoms with E-state index in [9.17, 15) is 9.59 Å². The van der Waals surface area contributed by atoms with E-state index >= 15 is 0 Å². The quantitative estimate of drug-likeness (QED) is 0.603. The van der Waals surface area contributed by atoms with Crippen LogP contribution in [0.5, 0.6) is 0 Å². The third-order valence-corrected chi connectivity index (χ3v) is 7.79. The van der Waals surface area contributed by atoms with Crippen LogP contribution in [0.4, 0.5) is 4.79 Å². The number of ether oxygens (including phenoxy) is 2. The highest BCUT2D eigenvalue weighted by molar-refractivity contribution is 5.78. The number of hydrogen-bond donors (Lipinski definition) is 0. The standard InChI is InChI=1S/C27H35NO4/c1-18-14-15-22(27(2,3)19-10-6-5-7-11-19)24(16-18)32-25(29)21-17-20-12-8-9-13-23(21)28(20)26(30)31-4/h5-13,18,20-24H,14-17H2,1-4H3/t18-,20+,21+,22-,23-,24-/m1/s1. The number of benzene rings is 1. The number of amides is 1. The first-order valence-electron chi connectivity index (χ1n) is 11.8. The smallest absolute Gasteiger partial charge is 0.410 e. The van der Waals surface area contributed by atoms with E-state index in [0.717, 1.165) is 19.3 Å². The third-order valence-electron chi connectivity index (χ3n) is 7.79. The van der Waals surface area contributed by atoms with Gasteiger partial charge in [0.25, 0.3) is 0 Å². The van der Waals surface area contributed by atoms with Gasteiger partial charge in [0, 0.05) is 5.92 Å². The third kappa shape index (κ3) is 4.22. The SMILES string of the molecule is COC(=O)N1[C@@H]2C=CC=C[C@H]1C[C@@H]2C(=O)O[C@@H]1C[C@H](C)CC[C@H]1C(C)(C)c1ccccc1. The summed E-state index contributed by atoms with van der Waals surface area (Å²) in [5.74, 6) is 0.203. The lowest BCUT2D eigenvalue weighted by molar-refractivity contribution is -0.161. The van der Waals surface area contributed by atoms with Crippen molar-refractivity contribution in [2.45, 2.75) is 70.1 Å². The minimum absolute atomic E-state index is 0.101. The second-order valence-electron chi connectivity index (χ2n) is 10.1. The van der Waals surface area contributed by atoms with Gasteiger partial charge in [-0.1, -0.05) is 81.8 Å². The molecule has 1 amide bonds. The van der Waals surface area contributed by atoms with E-state index in [0.29, 0.717) is 12.3 Å². The van der Waals surface area contributed by atoms with Crippen LogP contribution < -0.4 is 0 Å². The van der Waals surface area contributed by atoms with Crippen LogP contribution in [0.3, 0.4) is 0 Å². The Morgan fingerprint density at radius 1 is 1.03 bits per heavy atom. The maximum Gasteiger partial charge on any atom is 0.410 e. The Morgan fingerprint density at radius 2 is 1.75 bits per heavy atom. The first kappa shape index (κ1) is 22.6. The van der Waals surface area contributed by atoms with E-state index in [4.69, 9.17) is 9.47 Å². The molecule has 3 aliphatic rings. The van der Waals surface area contributed by atoms with Gasteiger partial charge in [0.2, 0.25) is 0 Å². The van der Waals surface area contributed by atoms with E-state index in [1.54, 1.807) is 4.90 Å². The summed E-state index contributed by atoms with van der Waals surface area (Å²) < 4.78 is 11.3. The van der Waals surface area contributed by atoms with E-state index in [1.165, 1.54) is 12.7 Å². The zero-order valence-corrected chi connectivity index (χ0v) is 19.6. The van der Waals surface area contributed by atoms with E-state index in [-0.39, 0.29) is 41.4 Å². The molecule has 1 aliphatic carbocycles. The molecule has 6 atom stereocenters. The number of allylic oxidation sites excluding steroid dienone is 2. The largest absolute Gasteiger partial charge is 0.462 e. The molecule has 0 spiro atoms. The molecule has 1 aromatic carbocycles. The first-order valence-corrected chi connectivity index (χ1v) is 11.8. The van der Waals surface area contributed by atoms with Gasteiger partial charge in [-0.2, -0.15) is 0 Å². The van der Waals surface area contributed by atoms with Crippen LogP contribution in [0.2, 0.25) is 0 Å². The Balaban J connectivity index is 1.55.